The second-order valence-electron chi connectivity index (χ2n) is 9.44. The molecule has 37 heavy (non-hydrogen) atoms. The molecule has 1 unspecified atom stereocenters. The number of carbonyl (C=O) groups excluding carboxylic acids is 2. The average Bonchev–Trinajstić information content (AvgIpc) is 3.46. The number of benzene rings is 3. The summed E-state index contributed by atoms with van der Waals surface area (Å²) in [7, 11) is 1.59. The molecule has 1 fully saturated rings. The molecule has 2 aliphatic heterocycles. The zero-order chi connectivity index (χ0) is 26.2. The quantitative estimate of drug-likeness (QED) is 0.476. The number of nitrogens with zero attached hydrogens (tertiary/aromatic N) is 3. The third-order valence-corrected chi connectivity index (χ3v) is 8.29. The van der Waals surface area contributed by atoms with Crippen molar-refractivity contribution in [2.75, 3.05) is 29.6 Å². The third kappa shape index (κ3) is 4.30. The third-order valence-electron chi connectivity index (χ3n) is 6.87. The van der Waals surface area contributed by atoms with Crippen LogP contribution in [0.2, 0.25) is 0 Å². The average molecular weight is 513 g/mol. The zero-order valence-corrected chi connectivity index (χ0v) is 21.8. The number of carbonyl (C=O) groups is 2. The van der Waals surface area contributed by atoms with Crippen molar-refractivity contribution < 1.29 is 14.3 Å². The number of hydrogen-bond acceptors (Lipinski definition) is 5. The van der Waals surface area contributed by atoms with Crippen molar-refractivity contribution in [2.24, 2.45) is 0 Å². The highest BCUT2D eigenvalue weighted by Crippen LogP contribution is 2.55. The molecule has 3 aromatic rings. The number of ether oxygens (including phenoxy) is 1. The summed E-state index contributed by atoms with van der Waals surface area (Å²) in [5.74, 6) is 1.47. The lowest BCUT2D eigenvalue weighted by Gasteiger charge is -2.33. The van der Waals surface area contributed by atoms with E-state index in [1.165, 1.54) is 17.3 Å². The molecule has 0 aliphatic carbocycles. The number of methoxy groups -OCH3 is 1. The van der Waals surface area contributed by atoms with Gasteiger partial charge in [-0.15, -0.1) is 11.8 Å². The van der Waals surface area contributed by atoms with Crippen molar-refractivity contribution in [2.45, 2.75) is 31.2 Å². The SMILES string of the molecule is COc1ccc2c(c1)C1(SCCN1C(=O)Nc1ccc(C(C)C)cc1)C(=O)N2Cc1cccc(C#N)c1. The molecule has 1 N–H and O–H groups in total. The Labute approximate surface area is 221 Å². The van der Waals surface area contributed by atoms with Crippen LogP contribution in [0.1, 0.15) is 42.0 Å². The molecule has 3 aromatic carbocycles. The summed E-state index contributed by atoms with van der Waals surface area (Å²) in [6, 6.07) is 22.4. The Balaban J connectivity index is 1.50. The topological polar surface area (TPSA) is 85.7 Å². The molecule has 0 bridgehead atoms. The Morgan fingerprint density at radius 3 is 2.65 bits per heavy atom. The van der Waals surface area contributed by atoms with E-state index in [1.807, 2.05) is 54.6 Å². The highest BCUT2D eigenvalue weighted by atomic mass is 32.2. The summed E-state index contributed by atoms with van der Waals surface area (Å²) in [4.78, 5) is 30.0. The van der Waals surface area contributed by atoms with Crippen LogP contribution in [0.15, 0.2) is 66.7 Å². The summed E-state index contributed by atoms with van der Waals surface area (Å²) >= 11 is 1.46. The fourth-order valence-corrected chi connectivity index (χ4v) is 6.39. The van der Waals surface area contributed by atoms with Crippen molar-refractivity contribution >= 4 is 35.1 Å². The van der Waals surface area contributed by atoms with E-state index in [9.17, 15) is 14.9 Å². The van der Waals surface area contributed by atoms with E-state index in [2.05, 4.69) is 25.2 Å². The first-order valence-corrected chi connectivity index (χ1v) is 13.2. The van der Waals surface area contributed by atoms with E-state index in [4.69, 9.17) is 4.74 Å². The molecule has 1 spiro atoms. The number of amides is 3. The molecule has 5 rings (SSSR count). The molecule has 1 atom stereocenters. The van der Waals surface area contributed by atoms with Gasteiger partial charge in [0, 0.05) is 23.5 Å². The summed E-state index contributed by atoms with van der Waals surface area (Å²) in [5, 5.41) is 12.3. The van der Waals surface area contributed by atoms with Crippen LogP contribution in [0.25, 0.3) is 0 Å². The molecule has 3 amide bonds. The van der Waals surface area contributed by atoms with Crippen LogP contribution in [0, 0.1) is 11.3 Å². The molecular weight excluding hydrogens is 484 g/mol. The Morgan fingerprint density at radius 2 is 1.95 bits per heavy atom. The lowest BCUT2D eigenvalue weighted by Crippen LogP contribution is -2.51. The zero-order valence-electron chi connectivity index (χ0n) is 21.0. The summed E-state index contributed by atoms with van der Waals surface area (Å²) < 4.78 is 5.49. The van der Waals surface area contributed by atoms with E-state index in [1.54, 1.807) is 29.0 Å². The molecule has 7 nitrogen and oxygen atoms in total. The molecular formula is C29H28N4O3S. The number of nitriles is 1. The van der Waals surface area contributed by atoms with Crippen LogP contribution in [0.5, 0.6) is 5.75 Å². The minimum atomic E-state index is -1.20. The van der Waals surface area contributed by atoms with Gasteiger partial charge < -0.3 is 15.0 Å². The number of nitrogens with one attached hydrogen (secondary N) is 1. The summed E-state index contributed by atoms with van der Waals surface area (Å²) in [5.41, 5.74) is 4.73. The monoisotopic (exact) mass is 512 g/mol. The number of anilines is 2. The molecule has 0 radical (unpaired) electrons. The fraction of sp³-hybridized carbons (Fsp3) is 0.276. The van der Waals surface area contributed by atoms with Gasteiger partial charge in [0.25, 0.3) is 5.91 Å². The molecule has 188 valence electrons. The lowest BCUT2D eigenvalue weighted by molar-refractivity contribution is -0.123. The van der Waals surface area contributed by atoms with Crippen LogP contribution in [-0.2, 0) is 16.2 Å². The minimum absolute atomic E-state index is 0.175. The van der Waals surface area contributed by atoms with E-state index >= 15 is 0 Å². The highest BCUT2D eigenvalue weighted by molar-refractivity contribution is 8.01. The second kappa shape index (κ2) is 9.83. The van der Waals surface area contributed by atoms with E-state index in [0.29, 0.717) is 41.8 Å². The maximum atomic E-state index is 14.2. The van der Waals surface area contributed by atoms with Crippen LogP contribution in [-0.4, -0.2) is 36.2 Å². The number of fused-ring (bicyclic) bond motifs is 2. The second-order valence-corrected chi connectivity index (χ2v) is 10.7. The van der Waals surface area contributed by atoms with Crippen molar-refractivity contribution in [1.82, 2.24) is 4.90 Å². The summed E-state index contributed by atoms with van der Waals surface area (Å²) in [6.45, 7) is 4.97. The van der Waals surface area contributed by atoms with Crippen molar-refractivity contribution in [3.8, 4) is 11.8 Å². The first-order valence-electron chi connectivity index (χ1n) is 12.2. The van der Waals surface area contributed by atoms with Gasteiger partial charge in [0.05, 0.1) is 31.0 Å². The standard InChI is InChI=1S/C29H28N4O3S/c1-19(2)22-7-9-23(10-8-22)31-28(35)33-13-14-37-29(33)25-16-24(36-3)11-12-26(25)32(27(29)34)18-21-6-4-5-20(15-21)17-30/h4-12,15-16,19H,13-14,18H2,1-3H3,(H,31,35). The summed E-state index contributed by atoms with van der Waals surface area (Å²) in [6.07, 6.45) is 0. The van der Waals surface area contributed by atoms with Gasteiger partial charge in [-0.2, -0.15) is 5.26 Å². The van der Waals surface area contributed by atoms with Crippen LogP contribution in [0.3, 0.4) is 0 Å². The Hall–Kier alpha value is -3.96. The Kier molecular flexibility index (Phi) is 6.57. The van der Waals surface area contributed by atoms with E-state index in [-0.39, 0.29) is 11.9 Å². The molecule has 0 aromatic heterocycles. The predicted octanol–water partition coefficient (Wildman–Crippen LogP) is 5.67. The van der Waals surface area contributed by atoms with Crippen LogP contribution < -0.4 is 15.0 Å². The molecule has 2 heterocycles. The van der Waals surface area contributed by atoms with Gasteiger partial charge in [-0.25, -0.2) is 4.79 Å². The van der Waals surface area contributed by atoms with Crippen molar-refractivity contribution in [3.63, 3.8) is 0 Å². The van der Waals surface area contributed by atoms with Gasteiger partial charge in [-0.1, -0.05) is 38.1 Å². The molecule has 0 saturated carbocycles. The number of urea groups is 1. The van der Waals surface area contributed by atoms with Crippen LogP contribution in [0.4, 0.5) is 16.2 Å². The Bertz CT molecular complexity index is 1400. The molecule has 2 aliphatic rings. The van der Waals surface area contributed by atoms with E-state index < -0.39 is 4.87 Å². The molecule has 8 heteroatoms. The van der Waals surface area contributed by atoms with E-state index in [0.717, 1.165) is 16.8 Å². The number of rotatable bonds is 5. The fourth-order valence-electron chi connectivity index (χ4n) is 4.94. The van der Waals surface area contributed by atoms with Gasteiger partial charge in [0.1, 0.15) is 5.75 Å². The number of hydrogen-bond donors (Lipinski definition) is 1. The predicted molar refractivity (Wildman–Crippen MR) is 146 cm³/mol. The number of thioether (sulfide) groups is 1. The van der Waals surface area contributed by atoms with Gasteiger partial charge in [0.2, 0.25) is 0 Å². The van der Waals surface area contributed by atoms with Gasteiger partial charge in [-0.05, 0) is 59.5 Å². The Morgan fingerprint density at radius 1 is 1.16 bits per heavy atom. The van der Waals surface area contributed by atoms with Crippen molar-refractivity contribution in [1.29, 1.82) is 5.26 Å². The van der Waals surface area contributed by atoms with Gasteiger partial charge >= 0.3 is 6.03 Å². The lowest BCUT2D eigenvalue weighted by atomic mass is 10.0. The smallest absolute Gasteiger partial charge is 0.323 e. The maximum absolute atomic E-state index is 14.2. The molecule has 1 saturated heterocycles. The van der Waals surface area contributed by atoms with Gasteiger partial charge in [0.15, 0.2) is 4.87 Å². The van der Waals surface area contributed by atoms with Gasteiger partial charge in [-0.3, -0.25) is 9.69 Å². The maximum Gasteiger partial charge on any atom is 0.323 e. The van der Waals surface area contributed by atoms with Crippen LogP contribution >= 0.6 is 11.8 Å². The highest BCUT2D eigenvalue weighted by Gasteiger charge is 2.59. The first-order chi connectivity index (χ1) is 17.9. The largest absolute Gasteiger partial charge is 0.497 e. The first kappa shape index (κ1) is 24.7. The minimum Gasteiger partial charge on any atom is -0.497 e. The normalized spacial score (nSPS) is 18.3. The van der Waals surface area contributed by atoms with Crippen molar-refractivity contribution in [3.05, 3.63) is 89.0 Å².